The normalized spacial score (nSPS) is 12.7. The molecule has 48 heavy (non-hydrogen) atoms. The highest BCUT2D eigenvalue weighted by molar-refractivity contribution is 5.80. The van der Waals surface area contributed by atoms with Crippen LogP contribution in [0.3, 0.4) is 0 Å². The molecule has 0 saturated carbocycles. The van der Waals surface area contributed by atoms with Gasteiger partial charge in [0.15, 0.2) is 0 Å². The molecule has 0 aromatic carbocycles. The molecule has 1 unspecified atom stereocenters. The molecule has 0 rings (SSSR count). The fraction of sp³-hybridized carbons (Fsp3) is 0.690. The van der Waals surface area contributed by atoms with E-state index in [9.17, 15) is 14.4 Å². The Balaban J connectivity index is 4.31. The first-order valence-corrected chi connectivity index (χ1v) is 19.4. The van der Waals surface area contributed by atoms with Crippen molar-refractivity contribution < 1.29 is 24.2 Å². The minimum absolute atomic E-state index is 0.158. The molecule has 1 atom stereocenters. The fourth-order valence-electron chi connectivity index (χ4n) is 5.34. The van der Waals surface area contributed by atoms with Gasteiger partial charge in [0, 0.05) is 12.8 Å². The number of carbonyl (C=O) groups excluding carboxylic acids is 2. The maximum absolute atomic E-state index is 12.6. The first-order chi connectivity index (χ1) is 23.5. The molecule has 6 nitrogen and oxygen atoms in total. The van der Waals surface area contributed by atoms with Crippen molar-refractivity contribution in [2.75, 3.05) is 6.54 Å². The predicted molar refractivity (Wildman–Crippen MR) is 203 cm³/mol. The van der Waals surface area contributed by atoms with E-state index in [2.05, 4.69) is 67.8 Å². The summed E-state index contributed by atoms with van der Waals surface area (Å²) in [5.74, 6) is -1.48. The van der Waals surface area contributed by atoms with Crippen molar-refractivity contribution in [1.82, 2.24) is 5.32 Å². The summed E-state index contributed by atoms with van der Waals surface area (Å²) in [7, 11) is 0. The van der Waals surface area contributed by atoms with Crippen LogP contribution in [0.25, 0.3) is 0 Å². The SMILES string of the molecule is CC/C=C\C/C=C\C/C=C\C/C=C\C/C=C\C(CCCCC(=O)NCC(=O)O)OC(=O)CCCCCCCCCCCCCCCCC. The number of aliphatic carboxylic acids is 1. The molecule has 0 bridgehead atoms. The number of hydrogen-bond donors (Lipinski definition) is 2. The highest BCUT2D eigenvalue weighted by Crippen LogP contribution is 2.15. The summed E-state index contributed by atoms with van der Waals surface area (Å²) in [5.41, 5.74) is 0. The summed E-state index contributed by atoms with van der Waals surface area (Å²) in [5, 5.41) is 11.1. The average molecular weight is 670 g/mol. The lowest BCUT2D eigenvalue weighted by atomic mass is 10.0. The third-order valence-corrected chi connectivity index (χ3v) is 8.19. The lowest BCUT2D eigenvalue weighted by Gasteiger charge is -2.14. The molecule has 0 fully saturated rings. The summed E-state index contributed by atoms with van der Waals surface area (Å²) in [6.45, 7) is 4.05. The summed E-state index contributed by atoms with van der Waals surface area (Å²) in [6.07, 6.45) is 47.8. The molecule has 6 heteroatoms. The molecular formula is C42H71NO5. The molecule has 2 N–H and O–H groups in total. The first-order valence-electron chi connectivity index (χ1n) is 19.4. The summed E-state index contributed by atoms with van der Waals surface area (Å²) < 4.78 is 5.82. The topological polar surface area (TPSA) is 92.7 Å². The number of ether oxygens (including phenoxy) is 1. The highest BCUT2D eigenvalue weighted by atomic mass is 16.5. The Kier molecular flexibility index (Phi) is 34.7. The second-order valence-corrected chi connectivity index (χ2v) is 12.8. The smallest absolute Gasteiger partial charge is 0.322 e. The van der Waals surface area contributed by atoms with Gasteiger partial charge < -0.3 is 15.2 Å². The van der Waals surface area contributed by atoms with Crippen LogP contribution in [-0.2, 0) is 19.1 Å². The minimum atomic E-state index is -1.05. The Hall–Kier alpha value is -2.89. The molecule has 0 aliphatic rings. The van der Waals surface area contributed by atoms with Crippen LogP contribution in [0.2, 0.25) is 0 Å². The second kappa shape index (κ2) is 36.9. The van der Waals surface area contributed by atoms with E-state index in [0.717, 1.165) is 44.9 Å². The molecule has 0 aromatic heterocycles. The summed E-state index contributed by atoms with van der Waals surface area (Å²) >= 11 is 0. The van der Waals surface area contributed by atoms with E-state index in [1.807, 2.05) is 12.2 Å². The lowest BCUT2D eigenvalue weighted by molar-refractivity contribution is -0.147. The average Bonchev–Trinajstić information content (AvgIpc) is 3.07. The first kappa shape index (κ1) is 45.1. The van der Waals surface area contributed by atoms with Gasteiger partial charge in [-0.15, -0.1) is 0 Å². The van der Waals surface area contributed by atoms with Gasteiger partial charge in [-0.05, 0) is 63.9 Å². The van der Waals surface area contributed by atoms with Crippen molar-refractivity contribution in [2.24, 2.45) is 0 Å². The van der Waals surface area contributed by atoms with Crippen LogP contribution in [0.1, 0.15) is 174 Å². The monoisotopic (exact) mass is 670 g/mol. The Labute approximate surface area is 294 Å². The van der Waals surface area contributed by atoms with Crippen LogP contribution in [-0.4, -0.2) is 35.6 Å². The van der Waals surface area contributed by atoms with Crippen molar-refractivity contribution >= 4 is 17.8 Å². The van der Waals surface area contributed by atoms with E-state index in [1.54, 1.807) is 0 Å². The number of amides is 1. The Morgan fingerprint density at radius 1 is 0.562 bits per heavy atom. The fourth-order valence-corrected chi connectivity index (χ4v) is 5.34. The molecule has 0 saturated heterocycles. The molecule has 0 aliphatic carbocycles. The van der Waals surface area contributed by atoms with Crippen LogP contribution in [0.4, 0.5) is 0 Å². The van der Waals surface area contributed by atoms with Crippen molar-refractivity contribution in [3.63, 3.8) is 0 Å². The number of unbranched alkanes of at least 4 members (excludes halogenated alkanes) is 15. The van der Waals surface area contributed by atoms with E-state index in [-0.39, 0.29) is 30.9 Å². The van der Waals surface area contributed by atoms with E-state index in [4.69, 9.17) is 9.84 Å². The Bertz CT molecular complexity index is 917. The van der Waals surface area contributed by atoms with Crippen molar-refractivity contribution in [3.05, 3.63) is 60.8 Å². The highest BCUT2D eigenvalue weighted by Gasteiger charge is 2.12. The van der Waals surface area contributed by atoms with E-state index < -0.39 is 5.97 Å². The predicted octanol–water partition coefficient (Wildman–Crippen LogP) is 11.7. The van der Waals surface area contributed by atoms with Gasteiger partial charge in [0.2, 0.25) is 5.91 Å². The van der Waals surface area contributed by atoms with Crippen LogP contribution >= 0.6 is 0 Å². The molecular weight excluding hydrogens is 598 g/mol. The lowest BCUT2D eigenvalue weighted by Crippen LogP contribution is -2.28. The molecule has 0 radical (unpaired) electrons. The van der Waals surface area contributed by atoms with Gasteiger partial charge in [-0.25, -0.2) is 0 Å². The zero-order chi connectivity index (χ0) is 35.2. The maximum Gasteiger partial charge on any atom is 0.322 e. The number of carbonyl (C=O) groups is 3. The second-order valence-electron chi connectivity index (χ2n) is 12.8. The van der Waals surface area contributed by atoms with Crippen molar-refractivity contribution in [2.45, 2.75) is 180 Å². The number of allylic oxidation sites excluding steroid dienone is 9. The molecule has 0 aliphatic heterocycles. The van der Waals surface area contributed by atoms with E-state index >= 15 is 0 Å². The number of rotatable bonds is 34. The number of nitrogens with one attached hydrogen (secondary N) is 1. The number of carboxylic acid groups (broad SMARTS) is 1. The standard InChI is InChI=1S/C42H71NO5/c1-3-5-7-9-11-13-15-17-19-21-23-25-27-29-31-37-42(47)48-39(35-32-33-36-40(44)43-38-41(45)46)34-30-28-26-24-22-20-18-16-14-12-10-8-6-4-2/h6,8,12,14,18,20,24,26,30,34,39H,3-5,7,9-11,13,15-17,19,21-23,25,27-29,31-33,35-38H2,1-2H3,(H,43,44)(H,45,46)/b8-6-,14-12-,20-18-,26-24-,34-30-. The van der Waals surface area contributed by atoms with Gasteiger partial charge >= 0.3 is 11.9 Å². The van der Waals surface area contributed by atoms with Crippen LogP contribution in [0, 0.1) is 0 Å². The quantitative estimate of drug-likeness (QED) is 0.0404. The van der Waals surface area contributed by atoms with Gasteiger partial charge in [0.1, 0.15) is 12.6 Å². The maximum atomic E-state index is 12.6. The number of hydrogen-bond acceptors (Lipinski definition) is 4. The van der Waals surface area contributed by atoms with Gasteiger partial charge in [-0.2, -0.15) is 0 Å². The van der Waals surface area contributed by atoms with Gasteiger partial charge in [-0.1, -0.05) is 158 Å². The number of carboxylic acids is 1. The molecule has 0 spiro atoms. The molecule has 0 heterocycles. The van der Waals surface area contributed by atoms with Gasteiger partial charge in [0.25, 0.3) is 0 Å². The zero-order valence-corrected chi connectivity index (χ0v) is 30.8. The molecule has 274 valence electrons. The Morgan fingerprint density at radius 3 is 1.48 bits per heavy atom. The summed E-state index contributed by atoms with van der Waals surface area (Å²) in [4.78, 5) is 35.1. The van der Waals surface area contributed by atoms with E-state index in [1.165, 1.54) is 83.5 Å². The third-order valence-electron chi connectivity index (χ3n) is 8.19. The minimum Gasteiger partial charge on any atom is -0.480 e. The van der Waals surface area contributed by atoms with Crippen LogP contribution < -0.4 is 5.32 Å². The molecule has 0 aromatic rings. The van der Waals surface area contributed by atoms with E-state index in [0.29, 0.717) is 25.7 Å². The zero-order valence-electron chi connectivity index (χ0n) is 30.8. The van der Waals surface area contributed by atoms with Gasteiger partial charge in [0.05, 0.1) is 0 Å². The van der Waals surface area contributed by atoms with Crippen molar-refractivity contribution in [1.29, 1.82) is 0 Å². The van der Waals surface area contributed by atoms with Gasteiger partial charge in [-0.3, -0.25) is 14.4 Å². The Morgan fingerprint density at radius 2 is 1.00 bits per heavy atom. The van der Waals surface area contributed by atoms with Crippen LogP contribution in [0.15, 0.2) is 60.8 Å². The van der Waals surface area contributed by atoms with Crippen molar-refractivity contribution in [3.8, 4) is 0 Å². The number of esters is 1. The largest absolute Gasteiger partial charge is 0.480 e. The van der Waals surface area contributed by atoms with Crippen LogP contribution in [0.5, 0.6) is 0 Å². The molecule has 1 amide bonds. The third kappa shape index (κ3) is 36.0. The summed E-state index contributed by atoms with van der Waals surface area (Å²) in [6, 6.07) is 0.